The van der Waals surface area contributed by atoms with Gasteiger partial charge in [0.2, 0.25) is 0 Å². The van der Waals surface area contributed by atoms with Crippen LogP contribution in [0.4, 0.5) is 17.1 Å². The van der Waals surface area contributed by atoms with Gasteiger partial charge in [-0.05, 0) is 46.6 Å². The van der Waals surface area contributed by atoms with E-state index in [0.717, 1.165) is 11.6 Å². The van der Waals surface area contributed by atoms with Gasteiger partial charge in [0.25, 0.3) is 11.6 Å². The first-order valence-electron chi connectivity index (χ1n) is 6.00. The SMILES string of the molecule is Cc1ccc(Br)c(NC(=O)c2cc([N+](=O)[O-])ccc2N)c1. The maximum absolute atomic E-state index is 12.2. The number of halogens is 1. The Morgan fingerprint density at radius 1 is 1.29 bits per heavy atom. The summed E-state index contributed by atoms with van der Waals surface area (Å²) < 4.78 is 0.713. The number of benzene rings is 2. The second kappa shape index (κ2) is 5.92. The number of aryl methyl sites for hydroxylation is 1. The summed E-state index contributed by atoms with van der Waals surface area (Å²) in [5.41, 5.74) is 7.33. The number of nitro benzene ring substituents is 1. The monoisotopic (exact) mass is 349 g/mol. The van der Waals surface area contributed by atoms with E-state index in [2.05, 4.69) is 21.2 Å². The summed E-state index contributed by atoms with van der Waals surface area (Å²) in [4.78, 5) is 22.4. The predicted octanol–water partition coefficient (Wildman–Crippen LogP) is 3.50. The number of anilines is 2. The van der Waals surface area contributed by atoms with Gasteiger partial charge in [0.05, 0.1) is 16.2 Å². The van der Waals surface area contributed by atoms with Crippen LogP contribution in [0.3, 0.4) is 0 Å². The van der Waals surface area contributed by atoms with Gasteiger partial charge in [0.1, 0.15) is 0 Å². The minimum Gasteiger partial charge on any atom is -0.398 e. The lowest BCUT2D eigenvalue weighted by atomic mass is 10.1. The van der Waals surface area contributed by atoms with E-state index >= 15 is 0 Å². The Bertz CT molecular complexity index is 731. The predicted molar refractivity (Wildman–Crippen MR) is 84.3 cm³/mol. The highest BCUT2D eigenvalue weighted by molar-refractivity contribution is 9.10. The summed E-state index contributed by atoms with van der Waals surface area (Å²) in [6.45, 7) is 1.89. The molecule has 1 amide bonds. The second-order valence-corrected chi connectivity index (χ2v) is 5.32. The first kappa shape index (κ1) is 15.0. The molecule has 0 unspecified atom stereocenters. The highest BCUT2D eigenvalue weighted by atomic mass is 79.9. The molecular formula is C14H12BrN3O3. The number of amides is 1. The topological polar surface area (TPSA) is 98.3 Å². The Balaban J connectivity index is 2.34. The first-order chi connectivity index (χ1) is 9.88. The van der Waals surface area contributed by atoms with Crippen LogP contribution in [0.25, 0.3) is 0 Å². The fourth-order valence-corrected chi connectivity index (χ4v) is 2.12. The van der Waals surface area contributed by atoms with Crippen LogP contribution in [-0.2, 0) is 0 Å². The number of carbonyl (C=O) groups excluding carboxylic acids is 1. The Morgan fingerprint density at radius 2 is 2.00 bits per heavy atom. The van der Waals surface area contributed by atoms with Gasteiger partial charge in [-0.2, -0.15) is 0 Å². The van der Waals surface area contributed by atoms with Crippen LogP contribution in [0.5, 0.6) is 0 Å². The van der Waals surface area contributed by atoms with E-state index in [1.54, 1.807) is 6.07 Å². The Hall–Kier alpha value is -2.41. The highest BCUT2D eigenvalue weighted by Crippen LogP contribution is 2.26. The van der Waals surface area contributed by atoms with Gasteiger partial charge in [-0.3, -0.25) is 14.9 Å². The Labute approximate surface area is 129 Å². The van der Waals surface area contributed by atoms with Crippen molar-refractivity contribution in [1.29, 1.82) is 0 Å². The summed E-state index contributed by atoms with van der Waals surface area (Å²) in [7, 11) is 0. The molecule has 2 aromatic carbocycles. The van der Waals surface area contributed by atoms with Crippen LogP contribution >= 0.6 is 15.9 Å². The number of nitrogens with one attached hydrogen (secondary N) is 1. The molecule has 0 saturated heterocycles. The van der Waals surface area contributed by atoms with E-state index < -0.39 is 10.8 Å². The van der Waals surface area contributed by atoms with Gasteiger partial charge in [-0.25, -0.2) is 0 Å². The molecule has 0 aliphatic rings. The normalized spacial score (nSPS) is 10.2. The molecule has 3 N–H and O–H groups in total. The van der Waals surface area contributed by atoms with Crippen molar-refractivity contribution in [3.63, 3.8) is 0 Å². The van der Waals surface area contributed by atoms with Crippen molar-refractivity contribution < 1.29 is 9.72 Å². The number of nitrogen functional groups attached to an aromatic ring is 1. The number of rotatable bonds is 3. The van der Waals surface area contributed by atoms with Gasteiger partial charge in [-0.15, -0.1) is 0 Å². The molecule has 6 nitrogen and oxygen atoms in total. The molecule has 0 radical (unpaired) electrons. The number of nitrogens with zero attached hydrogens (tertiary/aromatic N) is 1. The minimum atomic E-state index is -0.571. The average Bonchev–Trinajstić information content (AvgIpc) is 2.43. The third kappa shape index (κ3) is 3.38. The molecule has 7 heteroatoms. The van der Waals surface area contributed by atoms with Gasteiger partial charge >= 0.3 is 0 Å². The molecule has 0 heterocycles. The van der Waals surface area contributed by atoms with E-state index in [1.807, 2.05) is 19.1 Å². The molecule has 0 bridgehead atoms. The molecule has 2 aromatic rings. The zero-order chi connectivity index (χ0) is 15.6. The quantitative estimate of drug-likeness (QED) is 0.503. The van der Waals surface area contributed by atoms with E-state index in [1.165, 1.54) is 12.1 Å². The van der Waals surface area contributed by atoms with Crippen molar-refractivity contribution in [3.8, 4) is 0 Å². The molecule has 21 heavy (non-hydrogen) atoms. The average molecular weight is 350 g/mol. The first-order valence-corrected chi connectivity index (χ1v) is 6.79. The van der Waals surface area contributed by atoms with Gasteiger partial charge in [0, 0.05) is 22.3 Å². The van der Waals surface area contributed by atoms with E-state index in [9.17, 15) is 14.9 Å². The van der Waals surface area contributed by atoms with Crippen molar-refractivity contribution in [2.45, 2.75) is 6.92 Å². The molecule has 0 aromatic heterocycles. The maximum atomic E-state index is 12.2. The third-order valence-corrected chi connectivity index (χ3v) is 3.55. The van der Waals surface area contributed by atoms with Crippen LogP contribution in [0.1, 0.15) is 15.9 Å². The summed E-state index contributed by atoms with van der Waals surface area (Å²) >= 11 is 3.33. The van der Waals surface area contributed by atoms with Gasteiger partial charge in [-0.1, -0.05) is 6.07 Å². The van der Waals surface area contributed by atoms with Crippen molar-refractivity contribution in [2.75, 3.05) is 11.1 Å². The van der Waals surface area contributed by atoms with Crippen molar-refractivity contribution in [3.05, 3.63) is 62.1 Å². The largest absolute Gasteiger partial charge is 0.398 e. The van der Waals surface area contributed by atoms with Gasteiger partial charge < -0.3 is 11.1 Å². The fraction of sp³-hybridized carbons (Fsp3) is 0.0714. The molecule has 0 aliphatic heterocycles. The molecule has 0 atom stereocenters. The van der Waals surface area contributed by atoms with Crippen LogP contribution in [0, 0.1) is 17.0 Å². The number of non-ortho nitro benzene ring substituents is 1. The van der Waals surface area contributed by atoms with E-state index in [4.69, 9.17) is 5.73 Å². The molecule has 2 rings (SSSR count). The Kier molecular flexibility index (Phi) is 4.23. The number of carbonyl (C=O) groups is 1. The summed E-state index contributed by atoms with van der Waals surface area (Å²) in [5.74, 6) is -0.498. The Morgan fingerprint density at radius 3 is 2.67 bits per heavy atom. The van der Waals surface area contributed by atoms with E-state index in [-0.39, 0.29) is 16.9 Å². The molecule has 108 valence electrons. The van der Waals surface area contributed by atoms with Crippen molar-refractivity contribution >= 4 is 38.9 Å². The maximum Gasteiger partial charge on any atom is 0.270 e. The lowest BCUT2D eigenvalue weighted by molar-refractivity contribution is -0.384. The standard InChI is InChI=1S/C14H12BrN3O3/c1-8-2-4-11(15)13(6-8)17-14(19)10-7-9(18(20)21)3-5-12(10)16/h2-7H,16H2,1H3,(H,17,19). The van der Waals surface area contributed by atoms with Crippen molar-refractivity contribution in [1.82, 2.24) is 0 Å². The zero-order valence-corrected chi connectivity index (χ0v) is 12.7. The number of nitrogens with two attached hydrogens (primary N) is 1. The third-order valence-electron chi connectivity index (χ3n) is 2.86. The van der Waals surface area contributed by atoms with Gasteiger partial charge in [0.15, 0.2) is 0 Å². The number of hydrogen-bond acceptors (Lipinski definition) is 4. The van der Waals surface area contributed by atoms with Crippen LogP contribution in [0.15, 0.2) is 40.9 Å². The highest BCUT2D eigenvalue weighted by Gasteiger charge is 2.16. The summed E-state index contributed by atoms with van der Waals surface area (Å²) in [6.07, 6.45) is 0. The molecular weight excluding hydrogens is 338 g/mol. The summed E-state index contributed by atoms with van der Waals surface area (Å²) in [5, 5.41) is 13.5. The smallest absolute Gasteiger partial charge is 0.270 e. The van der Waals surface area contributed by atoms with Crippen LogP contribution in [0.2, 0.25) is 0 Å². The van der Waals surface area contributed by atoms with Crippen LogP contribution < -0.4 is 11.1 Å². The van der Waals surface area contributed by atoms with Crippen molar-refractivity contribution in [2.24, 2.45) is 0 Å². The minimum absolute atomic E-state index is 0.0672. The number of hydrogen-bond donors (Lipinski definition) is 2. The molecule has 0 spiro atoms. The van der Waals surface area contributed by atoms with Crippen LogP contribution in [-0.4, -0.2) is 10.8 Å². The molecule has 0 aliphatic carbocycles. The molecule has 0 saturated carbocycles. The summed E-state index contributed by atoms with van der Waals surface area (Å²) in [6, 6.07) is 9.25. The fourth-order valence-electron chi connectivity index (χ4n) is 1.78. The second-order valence-electron chi connectivity index (χ2n) is 4.47. The lowest BCUT2D eigenvalue weighted by Gasteiger charge is -2.10. The lowest BCUT2D eigenvalue weighted by Crippen LogP contribution is -2.14. The van der Waals surface area contributed by atoms with E-state index in [0.29, 0.717) is 10.2 Å². The zero-order valence-electron chi connectivity index (χ0n) is 11.1. The molecule has 0 fully saturated rings. The number of nitro groups is 1.